The van der Waals surface area contributed by atoms with Crippen LogP contribution in [0, 0.1) is 6.92 Å². The van der Waals surface area contributed by atoms with Gasteiger partial charge in [-0.3, -0.25) is 4.79 Å². The van der Waals surface area contributed by atoms with Gasteiger partial charge in [0.1, 0.15) is 11.4 Å². The van der Waals surface area contributed by atoms with Crippen LogP contribution in [-0.4, -0.2) is 18.2 Å². The molecule has 112 valence electrons. The van der Waals surface area contributed by atoms with Crippen molar-refractivity contribution in [2.24, 2.45) is 0 Å². The van der Waals surface area contributed by atoms with Crippen molar-refractivity contribution in [2.45, 2.75) is 59.5 Å². The summed E-state index contributed by atoms with van der Waals surface area (Å²) >= 11 is 0. The van der Waals surface area contributed by atoms with Crippen molar-refractivity contribution < 1.29 is 14.3 Å². The van der Waals surface area contributed by atoms with Crippen LogP contribution in [0.15, 0.2) is 18.2 Å². The van der Waals surface area contributed by atoms with Crippen LogP contribution >= 0.6 is 0 Å². The number of carbonyl (C=O) groups is 1. The topological polar surface area (TPSA) is 35.5 Å². The summed E-state index contributed by atoms with van der Waals surface area (Å²) in [7, 11) is 0. The largest absolute Gasteiger partial charge is 0.493 e. The van der Waals surface area contributed by atoms with Crippen molar-refractivity contribution in [3.63, 3.8) is 0 Å². The quantitative estimate of drug-likeness (QED) is 0.756. The van der Waals surface area contributed by atoms with Crippen LogP contribution in [0.5, 0.6) is 5.75 Å². The lowest BCUT2D eigenvalue weighted by Gasteiger charge is -2.19. The Morgan fingerprint density at radius 3 is 2.45 bits per heavy atom. The maximum atomic E-state index is 11.6. The Bertz CT molecular complexity index is 456. The molecule has 0 unspecified atom stereocenters. The smallest absolute Gasteiger partial charge is 0.309 e. The van der Waals surface area contributed by atoms with Crippen molar-refractivity contribution in [1.29, 1.82) is 0 Å². The van der Waals surface area contributed by atoms with E-state index >= 15 is 0 Å². The van der Waals surface area contributed by atoms with E-state index in [4.69, 9.17) is 9.47 Å². The summed E-state index contributed by atoms with van der Waals surface area (Å²) in [4.78, 5) is 11.6. The lowest BCUT2D eigenvalue weighted by molar-refractivity contribution is -0.155. The molecule has 0 amide bonds. The van der Waals surface area contributed by atoms with Crippen LogP contribution in [0.25, 0.3) is 0 Å². The summed E-state index contributed by atoms with van der Waals surface area (Å²) in [6.45, 7) is 12.2. The third-order valence-corrected chi connectivity index (χ3v) is 2.86. The van der Waals surface area contributed by atoms with E-state index in [9.17, 15) is 4.79 Å². The molecule has 0 spiro atoms. The summed E-state index contributed by atoms with van der Waals surface area (Å²) in [6.07, 6.45) is 0.266. The molecule has 0 aliphatic carbocycles. The standard InChI is InChI=1S/C17H26O3/c1-12(2)14-8-7-13(3)15(11-14)19-10-9-16(18)20-17(4,5)6/h7-8,11-12H,9-10H2,1-6H3. The Labute approximate surface area is 122 Å². The first-order valence-electron chi connectivity index (χ1n) is 7.14. The maximum absolute atomic E-state index is 11.6. The lowest BCUT2D eigenvalue weighted by atomic mass is 10.0. The predicted octanol–water partition coefficient (Wildman–Crippen LogP) is 4.23. The van der Waals surface area contributed by atoms with Crippen LogP contribution < -0.4 is 4.74 Å². The van der Waals surface area contributed by atoms with Crippen molar-refractivity contribution in [1.82, 2.24) is 0 Å². The highest BCUT2D eigenvalue weighted by Gasteiger charge is 2.16. The van der Waals surface area contributed by atoms with Gasteiger partial charge < -0.3 is 9.47 Å². The van der Waals surface area contributed by atoms with Gasteiger partial charge >= 0.3 is 5.97 Å². The molecule has 0 heterocycles. The summed E-state index contributed by atoms with van der Waals surface area (Å²) < 4.78 is 11.0. The normalized spacial score (nSPS) is 11.6. The second-order valence-corrected chi connectivity index (χ2v) is 6.36. The summed E-state index contributed by atoms with van der Waals surface area (Å²) in [5.41, 5.74) is 1.88. The SMILES string of the molecule is Cc1ccc(C(C)C)cc1OCCC(=O)OC(C)(C)C. The number of esters is 1. The number of benzene rings is 1. The average Bonchev–Trinajstić information content (AvgIpc) is 2.28. The first kappa shape index (κ1) is 16.5. The molecule has 1 rings (SSSR count). The summed E-state index contributed by atoms with van der Waals surface area (Å²) in [5, 5.41) is 0. The number of ether oxygens (including phenoxy) is 2. The van der Waals surface area contributed by atoms with Gasteiger partial charge in [-0.05, 0) is 50.8 Å². The molecular formula is C17H26O3. The zero-order valence-electron chi connectivity index (χ0n) is 13.4. The third-order valence-electron chi connectivity index (χ3n) is 2.86. The molecule has 0 radical (unpaired) electrons. The minimum atomic E-state index is -0.440. The number of aryl methyl sites for hydroxylation is 1. The molecule has 0 atom stereocenters. The fourth-order valence-corrected chi connectivity index (χ4v) is 1.77. The first-order valence-corrected chi connectivity index (χ1v) is 7.14. The van der Waals surface area contributed by atoms with Gasteiger partial charge in [0.2, 0.25) is 0 Å². The number of rotatable bonds is 5. The highest BCUT2D eigenvalue weighted by molar-refractivity contribution is 5.70. The average molecular weight is 278 g/mol. The van der Waals surface area contributed by atoms with Gasteiger partial charge in [0.25, 0.3) is 0 Å². The Morgan fingerprint density at radius 1 is 1.25 bits per heavy atom. The van der Waals surface area contributed by atoms with Crippen LogP contribution in [-0.2, 0) is 9.53 Å². The number of carbonyl (C=O) groups excluding carboxylic acids is 1. The monoisotopic (exact) mass is 278 g/mol. The highest BCUT2D eigenvalue weighted by atomic mass is 16.6. The van der Waals surface area contributed by atoms with Crippen molar-refractivity contribution >= 4 is 5.97 Å². The third kappa shape index (κ3) is 5.64. The van der Waals surface area contributed by atoms with Crippen molar-refractivity contribution in [3.8, 4) is 5.75 Å². The second kappa shape index (κ2) is 6.78. The molecule has 0 aliphatic rings. The van der Waals surface area contributed by atoms with E-state index in [1.54, 1.807) is 0 Å². The summed E-state index contributed by atoms with van der Waals surface area (Å²) in [5.74, 6) is 1.08. The Balaban J connectivity index is 2.54. The lowest BCUT2D eigenvalue weighted by Crippen LogP contribution is -2.24. The molecule has 1 aromatic rings. The molecule has 3 nitrogen and oxygen atoms in total. The van der Waals surface area contributed by atoms with Gasteiger partial charge in [-0.1, -0.05) is 26.0 Å². The highest BCUT2D eigenvalue weighted by Crippen LogP contribution is 2.24. The second-order valence-electron chi connectivity index (χ2n) is 6.36. The van der Waals surface area contributed by atoms with Crippen LogP contribution in [0.2, 0.25) is 0 Å². The van der Waals surface area contributed by atoms with Gasteiger partial charge in [0, 0.05) is 0 Å². The first-order chi connectivity index (χ1) is 9.19. The zero-order valence-corrected chi connectivity index (χ0v) is 13.4. The molecule has 0 fully saturated rings. The molecule has 0 aromatic heterocycles. The zero-order chi connectivity index (χ0) is 15.3. The fraction of sp³-hybridized carbons (Fsp3) is 0.588. The molecule has 0 N–H and O–H groups in total. The number of hydrogen-bond acceptors (Lipinski definition) is 3. The Kier molecular flexibility index (Phi) is 5.61. The van der Waals surface area contributed by atoms with Crippen LogP contribution in [0.1, 0.15) is 58.1 Å². The summed E-state index contributed by atoms with van der Waals surface area (Å²) in [6, 6.07) is 6.22. The molecule has 3 heteroatoms. The minimum Gasteiger partial charge on any atom is -0.493 e. The van der Waals surface area contributed by atoms with Crippen molar-refractivity contribution in [3.05, 3.63) is 29.3 Å². The predicted molar refractivity (Wildman–Crippen MR) is 81.2 cm³/mol. The van der Waals surface area contributed by atoms with Gasteiger partial charge in [-0.25, -0.2) is 0 Å². The molecule has 0 saturated heterocycles. The molecule has 0 saturated carbocycles. The Hall–Kier alpha value is -1.51. The Morgan fingerprint density at radius 2 is 1.90 bits per heavy atom. The molecule has 0 aliphatic heterocycles. The maximum Gasteiger partial charge on any atom is 0.309 e. The van der Waals surface area contributed by atoms with Gasteiger partial charge in [-0.15, -0.1) is 0 Å². The molecular weight excluding hydrogens is 252 g/mol. The van der Waals surface area contributed by atoms with E-state index in [1.807, 2.05) is 27.7 Å². The van der Waals surface area contributed by atoms with Gasteiger partial charge in [-0.2, -0.15) is 0 Å². The van der Waals surface area contributed by atoms with E-state index in [1.165, 1.54) is 5.56 Å². The minimum absolute atomic E-state index is 0.227. The van der Waals surface area contributed by atoms with Gasteiger partial charge in [0.05, 0.1) is 13.0 Å². The van der Waals surface area contributed by atoms with E-state index in [2.05, 4.69) is 32.0 Å². The molecule has 0 bridgehead atoms. The van der Waals surface area contributed by atoms with Gasteiger partial charge in [0.15, 0.2) is 0 Å². The fourth-order valence-electron chi connectivity index (χ4n) is 1.77. The van der Waals surface area contributed by atoms with E-state index in [0.717, 1.165) is 11.3 Å². The molecule has 1 aromatic carbocycles. The van der Waals surface area contributed by atoms with E-state index < -0.39 is 5.60 Å². The van der Waals surface area contributed by atoms with E-state index in [0.29, 0.717) is 12.5 Å². The van der Waals surface area contributed by atoms with Crippen LogP contribution in [0.3, 0.4) is 0 Å². The molecule has 20 heavy (non-hydrogen) atoms. The number of hydrogen-bond donors (Lipinski definition) is 0. The van der Waals surface area contributed by atoms with Crippen molar-refractivity contribution in [2.75, 3.05) is 6.61 Å². The van der Waals surface area contributed by atoms with E-state index in [-0.39, 0.29) is 12.4 Å². The van der Waals surface area contributed by atoms with Crippen LogP contribution in [0.4, 0.5) is 0 Å².